The highest BCUT2D eigenvalue weighted by Gasteiger charge is 2.25. The first kappa shape index (κ1) is 21.8. The van der Waals surface area contributed by atoms with Crippen molar-refractivity contribution in [3.63, 3.8) is 0 Å². The number of carbonyl (C=O) groups is 1. The quantitative estimate of drug-likeness (QED) is 0.714. The van der Waals surface area contributed by atoms with Gasteiger partial charge in [-0.1, -0.05) is 18.5 Å². The molecule has 1 atom stereocenters. The van der Waals surface area contributed by atoms with Crippen LogP contribution in [0.2, 0.25) is 5.02 Å². The molecule has 0 spiro atoms. The van der Waals surface area contributed by atoms with Crippen LogP contribution in [0.25, 0.3) is 0 Å². The van der Waals surface area contributed by atoms with E-state index in [1.54, 1.807) is 11.6 Å². The number of nitrogens with one attached hydrogen (secondary N) is 1. The van der Waals surface area contributed by atoms with Gasteiger partial charge in [-0.3, -0.25) is 4.79 Å². The smallest absolute Gasteiger partial charge is 0.267 e. The zero-order valence-electron chi connectivity index (χ0n) is 15.1. The summed E-state index contributed by atoms with van der Waals surface area (Å²) in [5.74, 6) is -3.95. The summed E-state index contributed by atoms with van der Waals surface area (Å²) in [4.78, 5) is 15.9. The minimum absolute atomic E-state index is 0.000602. The number of carbonyl (C=O) groups excluding carboxylic acids is 1. The maximum atomic E-state index is 14.3. The summed E-state index contributed by atoms with van der Waals surface area (Å²) < 4.78 is 64.2. The van der Waals surface area contributed by atoms with Gasteiger partial charge in [0.25, 0.3) is 5.91 Å². The average Bonchev–Trinajstić information content (AvgIpc) is 2.63. The molecular formula is C17H17ClF2N2O5S. The van der Waals surface area contributed by atoms with Gasteiger partial charge in [-0.2, -0.15) is 0 Å². The van der Waals surface area contributed by atoms with Gasteiger partial charge < -0.3 is 9.47 Å². The van der Waals surface area contributed by atoms with Crippen molar-refractivity contribution in [1.82, 2.24) is 9.71 Å². The molecule has 0 saturated carbocycles. The Morgan fingerprint density at radius 3 is 2.54 bits per heavy atom. The summed E-state index contributed by atoms with van der Waals surface area (Å²) in [6, 6.07) is 2.45. The fourth-order valence-electron chi connectivity index (χ4n) is 2.03. The molecule has 7 nitrogen and oxygen atoms in total. The number of hydrogen-bond acceptors (Lipinski definition) is 6. The summed E-state index contributed by atoms with van der Waals surface area (Å²) in [5, 5.41) is -0.786. The first-order valence-electron chi connectivity index (χ1n) is 8.01. The minimum atomic E-state index is -4.01. The van der Waals surface area contributed by atoms with E-state index in [0.717, 1.165) is 0 Å². The van der Waals surface area contributed by atoms with Crippen LogP contribution in [0.1, 0.15) is 30.6 Å². The number of hydrogen-bond donors (Lipinski definition) is 1. The molecular weight excluding hydrogens is 418 g/mol. The standard InChI is InChI=1S/C17H17ClF2N2O5S/c1-4-9(2)28(24,25)22-16(23)11-6-14(20)15(7-13(11)19)27-10-5-12(18)17(26-3)21-8-10/h5-9H,4H2,1-3H3,(H,22,23). The molecule has 1 unspecified atom stereocenters. The van der Waals surface area contributed by atoms with Crippen LogP contribution < -0.4 is 14.2 Å². The van der Waals surface area contributed by atoms with Crippen LogP contribution in [0.15, 0.2) is 24.4 Å². The van der Waals surface area contributed by atoms with E-state index in [9.17, 15) is 22.0 Å². The molecule has 1 aromatic heterocycles. The lowest BCUT2D eigenvalue weighted by Crippen LogP contribution is -2.37. The predicted molar refractivity (Wildman–Crippen MR) is 98.4 cm³/mol. The van der Waals surface area contributed by atoms with Crippen LogP contribution in [0, 0.1) is 11.6 Å². The molecule has 2 rings (SSSR count). The van der Waals surface area contributed by atoms with Crippen molar-refractivity contribution in [2.45, 2.75) is 25.5 Å². The normalized spacial score (nSPS) is 12.4. The highest BCUT2D eigenvalue weighted by molar-refractivity contribution is 7.90. The number of ether oxygens (including phenoxy) is 2. The van der Waals surface area contributed by atoms with Crippen LogP contribution in [0.4, 0.5) is 8.78 Å². The third kappa shape index (κ3) is 4.87. The Labute approximate surface area is 165 Å². The molecule has 1 amide bonds. The van der Waals surface area contributed by atoms with Gasteiger partial charge in [0.2, 0.25) is 15.9 Å². The second-order valence-corrected chi connectivity index (χ2v) is 8.23. The zero-order chi connectivity index (χ0) is 21.1. The molecule has 1 N–H and O–H groups in total. The molecule has 0 fully saturated rings. The van der Waals surface area contributed by atoms with Crippen molar-refractivity contribution in [3.05, 3.63) is 46.6 Å². The monoisotopic (exact) mass is 434 g/mol. The minimum Gasteiger partial charge on any atom is -0.480 e. The Hall–Kier alpha value is -2.46. The molecule has 2 aromatic rings. The van der Waals surface area contributed by atoms with E-state index in [0.29, 0.717) is 12.1 Å². The van der Waals surface area contributed by atoms with E-state index in [1.807, 2.05) is 0 Å². The van der Waals surface area contributed by atoms with Crippen molar-refractivity contribution < 1.29 is 31.5 Å². The fraction of sp³-hybridized carbons (Fsp3) is 0.294. The largest absolute Gasteiger partial charge is 0.480 e. The zero-order valence-corrected chi connectivity index (χ0v) is 16.7. The van der Waals surface area contributed by atoms with E-state index < -0.39 is 44.1 Å². The number of sulfonamides is 1. The van der Waals surface area contributed by atoms with Gasteiger partial charge in [0.1, 0.15) is 16.6 Å². The highest BCUT2D eigenvalue weighted by atomic mass is 35.5. The molecule has 0 saturated heterocycles. The van der Waals surface area contributed by atoms with Crippen LogP contribution in [0.3, 0.4) is 0 Å². The Kier molecular flexibility index (Phi) is 6.78. The van der Waals surface area contributed by atoms with Gasteiger partial charge >= 0.3 is 0 Å². The molecule has 0 aliphatic rings. The molecule has 0 aliphatic heterocycles. The Bertz CT molecular complexity index is 1000. The van der Waals surface area contributed by atoms with Crippen LogP contribution in [0.5, 0.6) is 17.4 Å². The number of nitrogens with zero attached hydrogens (tertiary/aromatic N) is 1. The van der Waals surface area contributed by atoms with Crippen molar-refractivity contribution >= 4 is 27.5 Å². The summed E-state index contributed by atoms with van der Waals surface area (Å²) >= 11 is 5.89. The van der Waals surface area contributed by atoms with Crippen LogP contribution in [-0.4, -0.2) is 31.7 Å². The molecule has 1 heterocycles. The number of aromatic nitrogens is 1. The summed E-state index contributed by atoms with van der Waals surface area (Å²) in [5.41, 5.74) is -0.775. The summed E-state index contributed by atoms with van der Waals surface area (Å²) in [7, 11) is -2.66. The van der Waals surface area contributed by atoms with Gasteiger partial charge in [-0.15, -0.1) is 0 Å². The van der Waals surface area contributed by atoms with E-state index in [1.165, 1.54) is 26.3 Å². The van der Waals surface area contributed by atoms with Gasteiger partial charge in [0.05, 0.1) is 24.1 Å². The SMILES string of the molecule is CCC(C)S(=O)(=O)NC(=O)c1cc(F)c(Oc2cnc(OC)c(Cl)c2)cc1F. The van der Waals surface area contributed by atoms with Crippen molar-refractivity contribution in [2.75, 3.05) is 7.11 Å². The molecule has 0 bridgehead atoms. The van der Waals surface area contributed by atoms with E-state index in [2.05, 4.69) is 4.98 Å². The number of rotatable bonds is 7. The molecule has 1 aromatic carbocycles. The van der Waals surface area contributed by atoms with Gasteiger partial charge in [0, 0.05) is 12.1 Å². The van der Waals surface area contributed by atoms with Crippen molar-refractivity contribution in [2.24, 2.45) is 0 Å². The van der Waals surface area contributed by atoms with Crippen LogP contribution in [-0.2, 0) is 10.0 Å². The van der Waals surface area contributed by atoms with Gasteiger partial charge in [0.15, 0.2) is 11.6 Å². The number of benzene rings is 1. The predicted octanol–water partition coefficient (Wildman–Crippen LogP) is 3.67. The Morgan fingerprint density at radius 2 is 1.96 bits per heavy atom. The molecule has 28 heavy (non-hydrogen) atoms. The third-order valence-corrected chi connectivity index (χ3v) is 5.94. The molecule has 152 valence electrons. The summed E-state index contributed by atoms with van der Waals surface area (Å²) in [6.45, 7) is 3.00. The van der Waals surface area contributed by atoms with Gasteiger partial charge in [-0.25, -0.2) is 26.9 Å². The lowest BCUT2D eigenvalue weighted by molar-refractivity contribution is 0.0976. The Morgan fingerprint density at radius 1 is 1.29 bits per heavy atom. The molecule has 11 heteroatoms. The summed E-state index contributed by atoms with van der Waals surface area (Å²) in [6.07, 6.45) is 1.42. The second-order valence-electron chi connectivity index (χ2n) is 5.72. The second kappa shape index (κ2) is 8.70. The van der Waals surface area contributed by atoms with E-state index in [-0.39, 0.29) is 23.1 Å². The number of halogens is 3. The molecule has 0 radical (unpaired) electrons. The Balaban J connectivity index is 2.27. The molecule has 0 aliphatic carbocycles. The van der Waals surface area contributed by atoms with Gasteiger partial charge in [-0.05, 0) is 19.4 Å². The van der Waals surface area contributed by atoms with Crippen molar-refractivity contribution in [3.8, 4) is 17.4 Å². The average molecular weight is 435 g/mol. The number of amides is 1. The van der Waals surface area contributed by atoms with E-state index >= 15 is 0 Å². The maximum absolute atomic E-state index is 14.3. The first-order chi connectivity index (χ1) is 13.1. The van der Waals surface area contributed by atoms with Crippen LogP contribution >= 0.6 is 11.6 Å². The maximum Gasteiger partial charge on any atom is 0.267 e. The highest BCUT2D eigenvalue weighted by Crippen LogP contribution is 2.31. The third-order valence-electron chi connectivity index (χ3n) is 3.81. The lowest BCUT2D eigenvalue weighted by Gasteiger charge is -2.13. The van der Waals surface area contributed by atoms with Crippen molar-refractivity contribution in [1.29, 1.82) is 0 Å². The first-order valence-corrected chi connectivity index (χ1v) is 9.93. The number of methoxy groups -OCH3 is 1. The fourth-order valence-corrected chi connectivity index (χ4v) is 3.27. The van der Waals surface area contributed by atoms with E-state index in [4.69, 9.17) is 21.1 Å². The number of pyridine rings is 1. The lowest BCUT2D eigenvalue weighted by atomic mass is 10.2. The topological polar surface area (TPSA) is 94.6 Å².